The van der Waals surface area contributed by atoms with Gasteiger partial charge in [0.1, 0.15) is 5.65 Å². The van der Waals surface area contributed by atoms with Crippen LogP contribution in [-0.2, 0) is 16.0 Å². The van der Waals surface area contributed by atoms with Gasteiger partial charge in [-0.2, -0.15) is 0 Å². The number of carboxylic acid groups (broad SMARTS) is 1. The summed E-state index contributed by atoms with van der Waals surface area (Å²) >= 11 is 0. The van der Waals surface area contributed by atoms with Crippen molar-refractivity contribution in [2.45, 2.75) is 19.3 Å². The molecule has 2 N–H and O–H groups in total. The number of fused-ring (bicyclic) bond motifs is 1. The number of pyridine rings is 1. The first-order valence-electron chi connectivity index (χ1n) is 6.06. The third-order valence-corrected chi connectivity index (χ3v) is 2.68. The topological polar surface area (TPSA) is 83.7 Å². The molecule has 0 fully saturated rings. The Morgan fingerprint density at radius 2 is 2.16 bits per heavy atom. The molecule has 6 heteroatoms. The molecule has 0 atom stereocenters. The highest BCUT2D eigenvalue weighted by Crippen LogP contribution is 2.04. The zero-order chi connectivity index (χ0) is 13.7. The first-order chi connectivity index (χ1) is 9.15. The fraction of sp³-hybridized carbons (Fsp3) is 0.308. The summed E-state index contributed by atoms with van der Waals surface area (Å²) < 4.78 is 1.92. The van der Waals surface area contributed by atoms with E-state index in [0.29, 0.717) is 13.0 Å². The molecule has 0 aromatic carbocycles. The Morgan fingerprint density at radius 3 is 2.89 bits per heavy atom. The van der Waals surface area contributed by atoms with Crippen molar-refractivity contribution < 1.29 is 14.7 Å². The molecule has 100 valence electrons. The lowest BCUT2D eigenvalue weighted by atomic mass is 10.3. The largest absolute Gasteiger partial charge is 0.481 e. The normalized spacial score (nSPS) is 10.5. The second kappa shape index (κ2) is 5.99. The van der Waals surface area contributed by atoms with Crippen molar-refractivity contribution in [1.82, 2.24) is 14.7 Å². The van der Waals surface area contributed by atoms with Crippen molar-refractivity contribution in [3.8, 4) is 0 Å². The Morgan fingerprint density at radius 1 is 1.32 bits per heavy atom. The van der Waals surface area contributed by atoms with E-state index in [0.717, 1.165) is 11.3 Å². The van der Waals surface area contributed by atoms with E-state index in [-0.39, 0.29) is 18.7 Å². The molecule has 0 aliphatic rings. The summed E-state index contributed by atoms with van der Waals surface area (Å²) in [7, 11) is 0. The van der Waals surface area contributed by atoms with Gasteiger partial charge in [-0.3, -0.25) is 9.59 Å². The maximum Gasteiger partial charge on any atom is 0.303 e. The van der Waals surface area contributed by atoms with Crippen molar-refractivity contribution in [2.75, 3.05) is 6.54 Å². The van der Waals surface area contributed by atoms with Gasteiger partial charge in [0.2, 0.25) is 5.91 Å². The number of aromatic nitrogens is 2. The highest BCUT2D eigenvalue weighted by molar-refractivity contribution is 5.80. The van der Waals surface area contributed by atoms with Gasteiger partial charge >= 0.3 is 5.97 Å². The van der Waals surface area contributed by atoms with Gasteiger partial charge in [-0.15, -0.1) is 0 Å². The van der Waals surface area contributed by atoms with E-state index in [9.17, 15) is 9.59 Å². The van der Waals surface area contributed by atoms with E-state index in [1.807, 2.05) is 35.0 Å². The van der Waals surface area contributed by atoms with Gasteiger partial charge in [0.25, 0.3) is 0 Å². The minimum atomic E-state index is -0.962. The Bertz CT molecular complexity index is 559. The number of carboxylic acids is 1. The minimum Gasteiger partial charge on any atom is -0.481 e. The number of nitrogens with one attached hydrogen (secondary N) is 1. The van der Waals surface area contributed by atoms with E-state index in [4.69, 9.17) is 5.11 Å². The number of carbonyl (C=O) groups is 2. The third-order valence-electron chi connectivity index (χ3n) is 2.68. The molecule has 0 aliphatic carbocycles. The van der Waals surface area contributed by atoms with Crippen LogP contribution in [0.25, 0.3) is 5.65 Å². The van der Waals surface area contributed by atoms with Crippen LogP contribution in [0.2, 0.25) is 0 Å². The molecule has 2 rings (SSSR count). The van der Waals surface area contributed by atoms with E-state index >= 15 is 0 Å². The average molecular weight is 261 g/mol. The van der Waals surface area contributed by atoms with Crippen molar-refractivity contribution >= 4 is 17.5 Å². The number of rotatable bonds is 6. The molecule has 0 spiro atoms. The molecule has 1 amide bonds. The smallest absolute Gasteiger partial charge is 0.303 e. The molecular weight excluding hydrogens is 246 g/mol. The summed E-state index contributed by atoms with van der Waals surface area (Å²) in [4.78, 5) is 26.0. The molecule has 0 radical (unpaired) electrons. The van der Waals surface area contributed by atoms with Crippen LogP contribution < -0.4 is 5.32 Å². The van der Waals surface area contributed by atoms with Gasteiger partial charge in [0.05, 0.1) is 12.1 Å². The number of hydrogen-bond acceptors (Lipinski definition) is 3. The Hall–Kier alpha value is -2.37. The molecule has 0 aliphatic heterocycles. The van der Waals surface area contributed by atoms with Crippen LogP contribution in [0.3, 0.4) is 0 Å². The van der Waals surface area contributed by atoms with E-state index in [2.05, 4.69) is 10.3 Å². The number of amides is 1. The molecule has 0 unspecified atom stereocenters. The van der Waals surface area contributed by atoms with Crippen LogP contribution in [0.15, 0.2) is 30.6 Å². The Balaban J connectivity index is 1.79. The van der Waals surface area contributed by atoms with E-state index in [1.165, 1.54) is 0 Å². The van der Waals surface area contributed by atoms with Gasteiger partial charge in [-0.1, -0.05) is 6.07 Å². The van der Waals surface area contributed by atoms with Crippen molar-refractivity contribution in [1.29, 1.82) is 0 Å². The summed E-state index contributed by atoms with van der Waals surface area (Å²) in [5.41, 5.74) is 1.76. The molecule has 2 aromatic heterocycles. The van der Waals surface area contributed by atoms with Crippen LogP contribution in [0, 0.1) is 0 Å². The van der Waals surface area contributed by atoms with Crippen LogP contribution >= 0.6 is 0 Å². The summed E-state index contributed by atoms with van der Waals surface area (Å²) in [5, 5.41) is 11.1. The van der Waals surface area contributed by atoms with Crippen LogP contribution in [0.1, 0.15) is 18.5 Å². The average Bonchev–Trinajstić information content (AvgIpc) is 2.79. The second-order valence-corrected chi connectivity index (χ2v) is 4.19. The second-order valence-electron chi connectivity index (χ2n) is 4.19. The maximum atomic E-state index is 11.3. The van der Waals surface area contributed by atoms with Crippen molar-refractivity contribution in [2.24, 2.45) is 0 Å². The molecule has 0 saturated heterocycles. The summed E-state index contributed by atoms with van der Waals surface area (Å²) in [6.07, 6.45) is 4.33. The van der Waals surface area contributed by atoms with Crippen LogP contribution in [-0.4, -0.2) is 32.9 Å². The summed E-state index contributed by atoms with van der Waals surface area (Å²) in [6.45, 7) is 0.461. The van der Waals surface area contributed by atoms with Crippen LogP contribution in [0.4, 0.5) is 0 Å². The first-order valence-corrected chi connectivity index (χ1v) is 6.06. The number of aliphatic carboxylic acids is 1. The van der Waals surface area contributed by atoms with Crippen molar-refractivity contribution in [3.05, 3.63) is 36.3 Å². The number of nitrogens with zero attached hydrogens (tertiary/aromatic N) is 2. The van der Waals surface area contributed by atoms with Crippen molar-refractivity contribution in [3.63, 3.8) is 0 Å². The van der Waals surface area contributed by atoms with E-state index < -0.39 is 5.97 Å². The summed E-state index contributed by atoms with van der Waals surface area (Å²) in [6, 6.07) is 5.75. The van der Waals surface area contributed by atoms with E-state index in [1.54, 1.807) is 0 Å². The fourth-order valence-electron chi connectivity index (χ4n) is 1.75. The minimum absolute atomic E-state index is 0.0144. The molecule has 0 saturated carbocycles. The highest BCUT2D eigenvalue weighted by Gasteiger charge is 2.05. The lowest BCUT2D eigenvalue weighted by Gasteiger charge is -2.01. The number of hydrogen-bond donors (Lipinski definition) is 2. The lowest BCUT2D eigenvalue weighted by molar-refractivity contribution is -0.138. The zero-order valence-electron chi connectivity index (χ0n) is 10.4. The molecule has 2 heterocycles. The number of carbonyl (C=O) groups excluding carboxylic acids is 1. The molecular formula is C13H15N3O3. The highest BCUT2D eigenvalue weighted by atomic mass is 16.4. The molecule has 0 bridgehead atoms. The lowest BCUT2D eigenvalue weighted by Crippen LogP contribution is -2.26. The first kappa shape index (κ1) is 13.1. The SMILES string of the molecule is O=C(O)CCC(=O)NCCc1cn2ccccc2n1. The third kappa shape index (κ3) is 3.80. The predicted molar refractivity (Wildman–Crippen MR) is 68.8 cm³/mol. The van der Waals surface area contributed by atoms with Gasteiger partial charge in [0, 0.05) is 31.8 Å². The van der Waals surface area contributed by atoms with Crippen LogP contribution in [0.5, 0.6) is 0 Å². The predicted octanol–water partition coefficient (Wildman–Crippen LogP) is 0.858. The number of imidazole rings is 1. The van der Waals surface area contributed by atoms with Gasteiger partial charge in [-0.05, 0) is 12.1 Å². The standard InChI is InChI=1S/C13H15N3O3/c17-12(4-5-13(18)19)14-7-6-10-9-16-8-2-1-3-11(16)15-10/h1-3,8-9H,4-7H2,(H,14,17)(H,18,19). The quantitative estimate of drug-likeness (QED) is 0.807. The Kier molecular flexibility index (Phi) is 4.12. The Labute approximate surface area is 110 Å². The molecule has 2 aromatic rings. The summed E-state index contributed by atoms with van der Waals surface area (Å²) in [5.74, 6) is -1.21. The molecule has 19 heavy (non-hydrogen) atoms. The maximum absolute atomic E-state index is 11.3. The molecule has 6 nitrogen and oxygen atoms in total. The fourth-order valence-corrected chi connectivity index (χ4v) is 1.75. The van der Waals surface area contributed by atoms with Gasteiger partial charge in [-0.25, -0.2) is 4.98 Å². The van der Waals surface area contributed by atoms with Gasteiger partial charge < -0.3 is 14.8 Å². The monoisotopic (exact) mass is 261 g/mol. The zero-order valence-corrected chi connectivity index (χ0v) is 10.4. The van der Waals surface area contributed by atoms with Gasteiger partial charge in [0.15, 0.2) is 0 Å².